The van der Waals surface area contributed by atoms with E-state index in [1.165, 1.54) is 37.6 Å². The number of benzene rings is 1. The number of nitrogens with one attached hydrogen (secondary N) is 1. The largest absolute Gasteiger partial charge is 0.468 e. The second kappa shape index (κ2) is 6.56. The van der Waals surface area contributed by atoms with E-state index in [0.29, 0.717) is 5.76 Å². The summed E-state index contributed by atoms with van der Waals surface area (Å²) in [6.45, 7) is 1.75. The highest BCUT2D eigenvalue weighted by atomic mass is 19.1. The van der Waals surface area contributed by atoms with Crippen LogP contribution in [0.4, 0.5) is 10.1 Å². The Hall–Kier alpha value is -3.00. The molecule has 1 aromatic heterocycles. The van der Waals surface area contributed by atoms with Crippen LogP contribution >= 0.6 is 0 Å². The minimum Gasteiger partial charge on any atom is -0.468 e. The van der Waals surface area contributed by atoms with Crippen LogP contribution in [-0.2, 0) is 19.1 Å². The molecule has 2 saturated heterocycles. The van der Waals surface area contributed by atoms with Gasteiger partial charge in [-0.15, -0.1) is 0 Å². The molecule has 2 aliphatic rings. The SMILES string of the molecule is CC[C@@]1(C(=O)OC)N[C@@H](c2ccco2)[C@H]2C(=O)N(c3ccc(F)cc3)C(=O)[C@@H]21. The topological polar surface area (TPSA) is 88.8 Å². The van der Waals surface area contributed by atoms with Crippen LogP contribution in [0.1, 0.15) is 25.1 Å². The molecule has 0 unspecified atom stereocenters. The number of carbonyl (C=O) groups excluding carboxylic acids is 3. The second-order valence-electron chi connectivity index (χ2n) is 6.95. The highest BCUT2D eigenvalue weighted by Gasteiger charge is 2.68. The van der Waals surface area contributed by atoms with E-state index >= 15 is 0 Å². The number of ether oxygens (including phenoxy) is 1. The van der Waals surface area contributed by atoms with Gasteiger partial charge >= 0.3 is 5.97 Å². The van der Waals surface area contributed by atoms with Gasteiger partial charge in [0, 0.05) is 0 Å². The van der Waals surface area contributed by atoms with E-state index in [-0.39, 0.29) is 12.1 Å². The molecular formula is C20H19FN2O5. The number of imide groups is 1. The maximum Gasteiger partial charge on any atom is 0.326 e. The van der Waals surface area contributed by atoms with Gasteiger partial charge in [0.2, 0.25) is 11.8 Å². The summed E-state index contributed by atoms with van der Waals surface area (Å²) in [5.41, 5.74) is -1.10. The standard InChI is InChI=1S/C20H19FN2O5/c1-3-20(19(26)27-2)15-14(16(22-20)13-5-4-10-28-13)17(24)23(18(15)25)12-8-6-11(21)7-9-12/h4-10,14-16,22H,3H2,1-2H3/t14-,15+,16-,20+/m0/s1. The average Bonchev–Trinajstić information content (AvgIpc) is 3.39. The van der Waals surface area contributed by atoms with E-state index in [2.05, 4.69) is 5.32 Å². The molecule has 3 heterocycles. The number of amides is 2. The zero-order valence-corrected chi connectivity index (χ0v) is 15.3. The molecule has 146 valence electrons. The Balaban J connectivity index is 1.84. The molecule has 8 heteroatoms. The van der Waals surface area contributed by atoms with Crippen molar-refractivity contribution in [2.45, 2.75) is 24.9 Å². The van der Waals surface area contributed by atoms with Crippen molar-refractivity contribution in [3.05, 3.63) is 54.2 Å². The fourth-order valence-corrected chi connectivity index (χ4v) is 4.40. The van der Waals surface area contributed by atoms with Crippen LogP contribution < -0.4 is 10.2 Å². The molecule has 2 aromatic rings. The zero-order valence-electron chi connectivity index (χ0n) is 15.3. The minimum absolute atomic E-state index is 0.244. The number of esters is 1. The van der Waals surface area contributed by atoms with E-state index in [1.54, 1.807) is 19.1 Å². The molecule has 0 radical (unpaired) electrons. The zero-order chi connectivity index (χ0) is 20.1. The van der Waals surface area contributed by atoms with Crippen molar-refractivity contribution >= 4 is 23.5 Å². The van der Waals surface area contributed by atoms with Gasteiger partial charge in [0.05, 0.1) is 36.9 Å². The molecule has 0 aliphatic carbocycles. The van der Waals surface area contributed by atoms with E-state index in [4.69, 9.17) is 9.15 Å². The van der Waals surface area contributed by atoms with Crippen LogP contribution in [0.15, 0.2) is 47.1 Å². The molecule has 2 fully saturated rings. The van der Waals surface area contributed by atoms with Crippen molar-refractivity contribution in [2.75, 3.05) is 12.0 Å². The molecule has 0 spiro atoms. The van der Waals surface area contributed by atoms with Gasteiger partial charge in [-0.25, -0.2) is 9.29 Å². The number of hydrogen-bond donors (Lipinski definition) is 1. The number of nitrogens with zero attached hydrogens (tertiary/aromatic N) is 1. The van der Waals surface area contributed by atoms with Crippen molar-refractivity contribution < 1.29 is 27.9 Å². The molecule has 4 atom stereocenters. The van der Waals surface area contributed by atoms with Gasteiger partial charge in [-0.05, 0) is 42.8 Å². The summed E-state index contributed by atoms with van der Waals surface area (Å²) in [4.78, 5) is 40.4. The first-order valence-corrected chi connectivity index (χ1v) is 8.97. The van der Waals surface area contributed by atoms with Crippen LogP contribution in [0.3, 0.4) is 0 Å². The van der Waals surface area contributed by atoms with Crippen molar-refractivity contribution in [3.63, 3.8) is 0 Å². The Morgan fingerprint density at radius 1 is 1.25 bits per heavy atom. The van der Waals surface area contributed by atoms with Gasteiger partial charge in [0.25, 0.3) is 0 Å². The number of fused-ring (bicyclic) bond motifs is 1. The van der Waals surface area contributed by atoms with Gasteiger partial charge in [0.15, 0.2) is 0 Å². The predicted octanol–water partition coefficient (Wildman–Crippen LogP) is 2.19. The van der Waals surface area contributed by atoms with Crippen molar-refractivity contribution in [1.82, 2.24) is 5.32 Å². The lowest BCUT2D eigenvalue weighted by molar-refractivity contribution is -0.152. The predicted molar refractivity (Wildman–Crippen MR) is 95.5 cm³/mol. The van der Waals surface area contributed by atoms with Gasteiger partial charge in [-0.3, -0.25) is 19.7 Å². The van der Waals surface area contributed by atoms with Crippen LogP contribution in [0, 0.1) is 17.7 Å². The first kappa shape index (κ1) is 18.4. The third kappa shape index (κ3) is 2.41. The number of hydrogen-bond acceptors (Lipinski definition) is 6. The molecule has 7 nitrogen and oxygen atoms in total. The molecule has 0 bridgehead atoms. The Morgan fingerprint density at radius 2 is 1.96 bits per heavy atom. The monoisotopic (exact) mass is 386 g/mol. The van der Waals surface area contributed by atoms with Gasteiger partial charge in [0.1, 0.15) is 17.1 Å². The number of anilines is 1. The molecule has 28 heavy (non-hydrogen) atoms. The Kier molecular flexibility index (Phi) is 4.30. The Labute approximate surface area is 160 Å². The lowest BCUT2D eigenvalue weighted by Gasteiger charge is -2.31. The van der Waals surface area contributed by atoms with Crippen molar-refractivity contribution in [2.24, 2.45) is 11.8 Å². The quantitative estimate of drug-likeness (QED) is 0.640. The van der Waals surface area contributed by atoms with Crippen LogP contribution in [0.5, 0.6) is 0 Å². The van der Waals surface area contributed by atoms with Gasteiger partial charge < -0.3 is 9.15 Å². The molecule has 0 saturated carbocycles. The number of methoxy groups -OCH3 is 1. The maximum atomic E-state index is 13.3. The number of carbonyl (C=O) groups is 3. The highest BCUT2D eigenvalue weighted by molar-refractivity contribution is 6.24. The fraction of sp³-hybridized carbons (Fsp3) is 0.350. The first-order valence-electron chi connectivity index (χ1n) is 8.97. The fourth-order valence-electron chi connectivity index (χ4n) is 4.40. The molecular weight excluding hydrogens is 367 g/mol. The maximum absolute atomic E-state index is 13.3. The van der Waals surface area contributed by atoms with Gasteiger partial charge in [-0.2, -0.15) is 0 Å². The third-order valence-corrected chi connectivity index (χ3v) is 5.70. The average molecular weight is 386 g/mol. The van der Waals surface area contributed by atoms with Crippen LogP contribution in [0.2, 0.25) is 0 Å². The molecule has 1 N–H and O–H groups in total. The van der Waals surface area contributed by atoms with Crippen LogP contribution in [-0.4, -0.2) is 30.4 Å². The number of furan rings is 1. The lowest BCUT2D eigenvalue weighted by Crippen LogP contribution is -2.55. The first-order chi connectivity index (χ1) is 13.4. The summed E-state index contributed by atoms with van der Waals surface area (Å²) in [5, 5.41) is 3.15. The van der Waals surface area contributed by atoms with E-state index in [9.17, 15) is 18.8 Å². The number of rotatable bonds is 4. The van der Waals surface area contributed by atoms with Gasteiger partial charge in [-0.1, -0.05) is 6.92 Å². The summed E-state index contributed by atoms with van der Waals surface area (Å²) in [6, 6.07) is 7.80. The van der Waals surface area contributed by atoms with E-state index < -0.39 is 47.0 Å². The summed E-state index contributed by atoms with van der Waals surface area (Å²) in [7, 11) is 1.25. The molecule has 2 amide bonds. The Morgan fingerprint density at radius 3 is 2.54 bits per heavy atom. The van der Waals surface area contributed by atoms with Crippen molar-refractivity contribution in [3.8, 4) is 0 Å². The summed E-state index contributed by atoms with van der Waals surface area (Å²) >= 11 is 0. The van der Waals surface area contributed by atoms with E-state index in [0.717, 1.165) is 4.90 Å². The summed E-state index contributed by atoms with van der Waals surface area (Å²) in [6.07, 6.45) is 1.71. The second-order valence-corrected chi connectivity index (χ2v) is 6.95. The Bertz CT molecular complexity index is 927. The summed E-state index contributed by atoms with van der Waals surface area (Å²) < 4.78 is 23.8. The normalized spacial score (nSPS) is 29.2. The smallest absolute Gasteiger partial charge is 0.326 e. The van der Waals surface area contributed by atoms with E-state index in [1.807, 2.05) is 0 Å². The lowest BCUT2D eigenvalue weighted by atomic mass is 9.78. The highest BCUT2D eigenvalue weighted by Crippen LogP contribution is 2.51. The number of halogens is 1. The van der Waals surface area contributed by atoms with Crippen molar-refractivity contribution in [1.29, 1.82) is 0 Å². The molecule has 1 aromatic carbocycles. The molecule has 2 aliphatic heterocycles. The third-order valence-electron chi connectivity index (χ3n) is 5.70. The molecule has 4 rings (SSSR count). The van der Waals surface area contributed by atoms with Crippen LogP contribution in [0.25, 0.3) is 0 Å². The minimum atomic E-state index is -1.36. The summed E-state index contributed by atoms with van der Waals surface area (Å²) in [5.74, 6) is -3.42.